The van der Waals surface area contributed by atoms with Gasteiger partial charge in [0.05, 0.1) is 24.3 Å². The molecule has 0 saturated carbocycles. The lowest BCUT2D eigenvalue weighted by Gasteiger charge is -2.21. The largest absolute Gasteiger partial charge is 0.284 e. The van der Waals surface area contributed by atoms with E-state index in [0.29, 0.717) is 28.9 Å². The van der Waals surface area contributed by atoms with E-state index in [1.165, 1.54) is 24.3 Å². The summed E-state index contributed by atoms with van der Waals surface area (Å²) < 4.78 is 63.4. The average molecular weight is 411 g/mol. The minimum Gasteiger partial charge on any atom is -0.284 e. The fraction of sp³-hybridized carbons (Fsp3) is 0.235. The smallest absolute Gasteiger partial charge is 0.247 e. The number of halogens is 1. The molecular weight excluding hydrogens is 393 g/mol. The Morgan fingerprint density at radius 3 is 2.11 bits per heavy atom. The minimum absolute atomic E-state index is 0.317. The molecule has 27 heavy (non-hydrogen) atoms. The van der Waals surface area contributed by atoms with Crippen molar-refractivity contribution in [2.75, 3.05) is 17.2 Å². The van der Waals surface area contributed by atoms with Crippen LogP contribution < -0.4 is 4.72 Å². The van der Waals surface area contributed by atoms with Gasteiger partial charge in [0.1, 0.15) is 5.82 Å². The number of nitrogens with zero attached hydrogens (tertiary/aromatic N) is 2. The third-order valence-corrected chi connectivity index (χ3v) is 5.61. The molecule has 1 N–H and O–H groups in total. The summed E-state index contributed by atoms with van der Waals surface area (Å²) in [5, 5.41) is 4.24. The van der Waals surface area contributed by atoms with Crippen molar-refractivity contribution in [3.05, 3.63) is 65.5 Å². The number of nitrogens with one attached hydrogen (secondary N) is 1. The van der Waals surface area contributed by atoms with Crippen molar-refractivity contribution >= 4 is 31.4 Å². The van der Waals surface area contributed by atoms with E-state index < -0.39 is 31.9 Å². The van der Waals surface area contributed by atoms with Crippen LogP contribution in [0.3, 0.4) is 0 Å². The molecule has 1 unspecified atom stereocenters. The van der Waals surface area contributed by atoms with E-state index in [1.807, 2.05) is 0 Å². The molecule has 0 fully saturated rings. The summed E-state index contributed by atoms with van der Waals surface area (Å²) in [4.78, 5) is 0. The van der Waals surface area contributed by atoms with Gasteiger partial charge in [-0.3, -0.25) is 4.72 Å². The molecular formula is C17H18FN3O4S2. The quantitative estimate of drug-likeness (QED) is 0.817. The zero-order valence-electron chi connectivity index (χ0n) is 14.6. The molecule has 3 rings (SSSR count). The van der Waals surface area contributed by atoms with E-state index in [2.05, 4.69) is 9.82 Å². The second-order valence-corrected chi connectivity index (χ2v) is 9.89. The van der Waals surface area contributed by atoms with E-state index in [9.17, 15) is 21.2 Å². The van der Waals surface area contributed by atoms with E-state index in [1.54, 1.807) is 24.3 Å². The molecule has 0 aliphatic carbocycles. The molecule has 0 amide bonds. The summed E-state index contributed by atoms with van der Waals surface area (Å²) in [6.07, 6.45) is 2.44. The lowest BCUT2D eigenvalue weighted by molar-refractivity contribution is 0.374. The predicted molar refractivity (Wildman–Crippen MR) is 102 cm³/mol. The summed E-state index contributed by atoms with van der Waals surface area (Å²) >= 11 is 0. The molecule has 10 heteroatoms. The summed E-state index contributed by atoms with van der Waals surface area (Å²) in [6.45, 7) is 0. The van der Waals surface area contributed by atoms with Crippen LogP contribution in [0.1, 0.15) is 23.6 Å². The minimum atomic E-state index is -3.62. The van der Waals surface area contributed by atoms with Gasteiger partial charge in [-0.25, -0.2) is 21.2 Å². The second kappa shape index (κ2) is 6.93. The monoisotopic (exact) mass is 411 g/mol. The molecule has 2 aromatic carbocycles. The lowest BCUT2D eigenvalue weighted by Crippen LogP contribution is -2.25. The highest BCUT2D eigenvalue weighted by molar-refractivity contribution is 7.92. The van der Waals surface area contributed by atoms with Crippen LogP contribution in [-0.2, 0) is 20.0 Å². The molecule has 2 aromatic rings. The van der Waals surface area contributed by atoms with Gasteiger partial charge in [0.25, 0.3) is 0 Å². The molecule has 1 heterocycles. The number of hydrazone groups is 1. The van der Waals surface area contributed by atoms with Crippen molar-refractivity contribution in [3.8, 4) is 0 Å². The Labute approximate surface area is 157 Å². The Balaban J connectivity index is 1.91. The summed E-state index contributed by atoms with van der Waals surface area (Å²) in [5.41, 5.74) is 2.25. The third-order valence-electron chi connectivity index (χ3n) is 3.99. The molecule has 1 aliphatic heterocycles. The Bertz CT molecular complexity index is 1080. The fourth-order valence-corrected chi connectivity index (χ4v) is 4.32. The van der Waals surface area contributed by atoms with Crippen LogP contribution in [0.15, 0.2) is 53.6 Å². The van der Waals surface area contributed by atoms with Gasteiger partial charge in [0.2, 0.25) is 20.0 Å². The molecule has 0 bridgehead atoms. The van der Waals surface area contributed by atoms with Gasteiger partial charge in [0, 0.05) is 12.1 Å². The predicted octanol–water partition coefficient (Wildman–Crippen LogP) is 2.31. The van der Waals surface area contributed by atoms with Crippen molar-refractivity contribution in [1.29, 1.82) is 0 Å². The highest BCUT2D eigenvalue weighted by Gasteiger charge is 2.34. The van der Waals surface area contributed by atoms with Crippen molar-refractivity contribution in [3.63, 3.8) is 0 Å². The lowest BCUT2D eigenvalue weighted by atomic mass is 9.99. The van der Waals surface area contributed by atoms with E-state index in [-0.39, 0.29) is 0 Å². The summed E-state index contributed by atoms with van der Waals surface area (Å²) in [6, 6.07) is 11.6. The molecule has 0 saturated heterocycles. The Morgan fingerprint density at radius 2 is 1.59 bits per heavy atom. The SMILES string of the molecule is CS(=O)(=O)Nc1ccc(C2=NN(S(C)(=O)=O)C(c3ccc(F)cc3)C2)cc1. The van der Waals surface area contributed by atoms with Crippen molar-refractivity contribution in [2.45, 2.75) is 12.5 Å². The van der Waals surface area contributed by atoms with Gasteiger partial charge in [-0.05, 0) is 35.4 Å². The third kappa shape index (κ3) is 4.64. The van der Waals surface area contributed by atoms with E-state index in [4.69, 9.17) is 0 Å². The van der Waals surface area contributed by atoms with Gasteiger partial charge < -0.3 is 0 Å². The Morgan fingerprint density at radius 1 is 1.00 bits per heavy atom. The van der Waals surface area contributed by atoms with Crippen molar-refractivity contribution < 1.29 is 21.2 Å². The Hall–Kier alpha value is -2.46. The van der Waals surface area contributed by atoms with Crippen LogP contribution in [-0.4, -0.2) is 39.5 Å². The standard InChI is InChI=1S/C17H18FN3O4S2/c1-26(22,23)20-15-9-5-12(6-10-15)16-11-17(21(19-16)27(2,24)25)13-3-7-14(18)8-4-13/h3-10,17,20H,11H2,1-2H3. The first-order valence-corrected chi connectivity index (χ1v) is 11.7. The first-order valence-electron chi connectivity index (χ1n) is 7.93. The normalized spacial score (nSPS) is 17.7. The molecule has 0 spiro atoms. The Kier molecular flexibility index (Phi) is 4.96. The molecule has 7 nitrogen and oxygen atoms in total. The maximum atomic E-state index is 13.2. The van der Waals surface area contributed by atoms with Crippen LogP contribution in [0, 0.1) is 5.82 Å². The van der Waals surface area contributed by atoms with Crippen LogP contribution in [0.2, 0.25) is 0 Å². The number of rotatable bonds is 5. The molecule has 0 radical (unpaired) electrons. The van der Waals surface area contributed by atoms with Gasteiger partial charge in [-0.1, -0.05) is 24.3 Å². The topological polar surface area (TPSA) is 95.9 Å². The van der Waals surface area contributed by atoms with Gasteiger partial charge >= 0.3 is 0 Å². The highest BCUT2D eigenvalue weighted by Crippen LogP contribution is 2.34. The average Bonchev–Trinajstić information content (AvgIpc) is 3.00. The van der Waals surface area contributed by atoms with Crippen molar-refractivity contribution in [2.24, 2.45) is 5.10 Å². The first-order chi connectivity index (χ1) is 12.5. The number of anilines is 1. The first kappa shape index (κ1) is 19.3. The maximum absolute atomic E-state index is 13.2. The van der Waals surface area contributed by atoms with E-state index in [0.717, 1.165) is 16.9 Å². The highest BCUT2D eigenvalue weighted by atomic mass is 32.2. The van der Waals surface area contributed by atoms with Crippen LogP contribution in [0.25, 0.3) is 0 Å². The maximum Gasteiger partial charge on any atom is 0.247 e. The molecule has 144 valence electrons. The van der Waals surface area contributed by atoms with Gasteiger partial charge in [0.15, 0.2) is 0 Å². The zero-order chi connectivity index (χ0) is 19.8. The molecule has 1 aliphatic rings. The van der Waals surface area contributed by atoms with Crippen LogP contribution in [0.5, 0.6) is 0 Å². The zero-order valence-corrected chi connectivity index (χ0v) is 16.3. The van der Waals surface area contributed by atoms with E-state index >= 15 is 0 Å². The number of sulfonamides is 2. The van der Waals surface area contributed by atoms with Crippen LogP contribution >= 0.6 is 0 Å². The number of benzene rings is 2. The fourth-order valence-electron chi connectivity index (χ4n) is 2.85. The van der Waals surface area contributed by atoms with Gasteiger partial charge in [-0.15, -0.1) is 0 Å². The summed E-state index contributed by atoms with van der Waals surface area (Å²) in [7, 11) is -7.01. The van der Waals surface area contributed by atoms with Crippen molar-refractivity contribution in [1.82, 2.24) is 4.41 Å². The summed E-state index contributed by atoms with van der Waals surface area (Å²) in [5.74, 6) is -0.405. The second-order valence-electron chi connectivity index (χ2n) is 6.31. The molecule has 1 atom stereocenters. The van der Waals surface area contributed by atoms with Crippen LogP contribution in [0.4, 0.5) is 10.1 Å². The van der Waals surface area contributed by atoms with Gasteiger partial charge in [-0.2, -0.15) is 9.52 Å². The molecule has 0 aromatic heterocycles. The number of hydrogen-bond donors (Lipinski definition) is 1. The number of hydrogen-bond acceptors (Lipinski definition) is 5.